The van der Waals surface area contributed by atoms with Crippen LogP contribution in [-0.2, 0) is 24.1 Å². The van der Waals surface area contributed by atoms with Crippen molar-refractivity contribution in [1.82, 2.24) is 9.55 Å². The molecule has 0 aromatic carbocycles. The second-order valence-corrected chi connectivity index (χ2v) is 9.96. The van der Waals surface area contributed by atoms with E-state index >= 15 is 0 Å². The molecule has 0 amide bonds. The monoisotopic (exact) mass is 394 g/mol. The van der Waals surface area contributed by atoms with Gasteiger partial charge in [0.25, 0.3) is 5.56 Å². The van der Waals surface area contributed by atoms with Gasteiger partial charge in [0.2, 0.25) is 0 Å². The molecule has 0 bridgehead atoms. The van der Waals surface area contributed by atoms with Crippen molar-refractivity contribution in [2.45, 2.75) is 75.8 Å². The Balaban J connectivity index is 1.79. The number of aromatic nitrogens is 2. The molecule has 0 saturated carbocycles. The number of ether oxygens (including phenoxy) is 1. The van der Waals surface area contributed by atoms with E-state index in [1.165, 1.54) is 28.6 Å². The highest BCUT2D eigenvalue weighted by Crippen LogP contribution is 2.35. The second-order valence-electron chi connectivity index (χ2n) is 7.94. The number of aryl methyl sites for hydroxylation is 2. The third-order valence-corrected chi connectivity index (χ3v) is 7.61. The molecule has 26 heavy (non-hydrogen) atoms. The molecule has 0 radical (unpaired) electrons. The summed E-state index contributed by atoms with van der Waals surface area (Å²) in [4.78, 5) is 20.5. The third kappa shape index (κ3) is 3.72. The topological polar surface area (TPSA) is 64.4 Å². The van der Waals surface area contributed by atoms with Crippen molar-refractivity contribution in [3.63, 3.8) is 0 Å². The summed E-state index contributed by atoms with van der Waals surface area (Å²) < 4.78 is 7.58. The summed E-state index contributed by atoms with van der Waals surface area (Å²) >= 11 is 3.15. The number of thioether (sulfide) groups is 1. The molecule has 2 aliphatic rings. The Kier molecular flexibility index (Phi) is 5.16. The fourth-order valence-corrected chi connectivity index (χ4v) is 5.99. The molecule has 142 valence electrons. The van der Waals surface area contributed by atoms with E-state index < -0.39 is 5.60 Å². The van der Waals surface area contributed by atoms with Gasteiger partial charge in [-0.2, -0.15) is 0 Å². The lowest BCUT2D eigenvalue weighted by Crippen LogP contribution is -2.30. The zero-order valence-electron chi connectivity index (χ0n) is 15.4. The van der Waals surface area contributed by atoms with Crippen molar-refractivity contribution >= 4 is 33.3 Å². The minimum absolute atomic E-state index is 0.0724. The van der Waals surface area contributed by atoms with Crippen LogP contribution in [-0.4, -0.2) is 38.7 Å². The lowest BCUT2D eigenvalue weighted by molar-refractivity contribution is 0.0936. The van der Waals surface area contributed by atoms with Gasteiger partial charge in [-0.1, -0.05) is 11.8 Å². The van der Waals surface area contributed by atoms with Gasteiger partial charge in [0.05, 0.1) is 23.6 Å². The molecular formula is C19H26N2O3S2. The van der Waals surface area contributed by atoms with Gasteiger partial charge < -0.3 is 9.84 Å². The zero-order valence-corrected chi connectivity index (χ0v) is 17.0. The molecule has 5 nitrogen and oxygen atoms in total. The predicted octanol–water partition coefficient (Wildman–Crippen LogP) is 3.38. The van der Waals surface area contributed by atoms with Gasteiger partial charge in [-0.3, -0.25) is 9.36 Å². The van der Waals surface area contributed by atoms with Crippen LogP contribution in [0.15, 0.2) is 9.95 Å². The number of aliphatic hydroxyl groups is 1. The Bertz CT molecular complexity index is 860. The summed E-state index contributed by atoms with van der Waals surface area (Å²) in [6, 6.07) is 0. The van der Waals surface area contributed by atoms with E-state index in [1.807, 2.05) is 0 Å². The Morgan fingerprint density at radius 1 is 1.35 bits per heavy atom. The molecule has 1 unspecified atom stereocenters. The van der Waals surface area contributed by atoms with E-state index in [1.54, 1.807) is 29.8 Å². The van der Waals surface area contributed by atoms with Crippen LogP contribution in [0.25, 0.3) is 10.2 Å². The first-order valence-corrected chi connectivity index (χ1v) is 11.2. The van der Waals surface area contributed by atoms with Gasteiger partial charge in [-0.15, -0.1) is 11.3 Å². The SMILES string of the molecule is CC(C)(O)CSc1nc2sc3c(c2c(=O)n1CC1CCCO1)CCCC3. The van der Waals surface area contributed by atoms with E-state index in [-0.39, 0.29) is 11.7 Å². The number of thiophene rings is 1. The van der Waals surface area contributed by atoms with Crippen molar-refractivity contribution in [1.29, 1.82) is 0 Å². The molecular weight excluding hydrogens is 368 g/mol. The van der Waals surface area contributed by atoms with Crippen LogP contribution in [0.2, 0.25) is 0 Å². The molecule has 2 aromatic rings. The number of hydrogen-bond acceptors (Lipinski definition) is 6. The van der Waals surface area contributed by atoms with Crippen molar-refractivity contribution in [3.05, 3.63) is 20.8 Å². The highest BCUT2D eigenvalue weighted by molar-refractivity contribution is 7.99. The van der Waals surface area contributed by atoms with Gasteiger partial charge in [0.1, 0.15) is 4.83 Å². The van der Waals surface area contributed by atoms with E-state index in [4.69, 9.17) is 9.72 Å². The average molecular weight is 395 g/mol. The third-order valence-electron chi connectivity index (χ3n) is 5.00. The smallest absolute Gasteiger partial charge is 0.263 e. The van der Waals surface area contributed by atoms with Crippen molar-refractivity contribution in [2.75, 3.05) is 12.4 Å². The predicted molar refractivity (Wildman–Crippen MR) is 107 cm³/mol. The zero-order chi connectivity index (χ0) is 18.3. The minimum atomic E-state index is -0.805. The van der Waals surface area contributed by atoms with Crippen LogP contribution >= 0.6 is 23.1 Å². The fraction of sp³-hybridized carbons (Fsp3) is 0.684. The van der Waals surface area contributed by atoms with Gasteiger partial charge in [0.15, 0.2) is 5.16 Å². The first-order chi connectivity index (χ1) is 12.4. The van der Waals surface area contributed by atoms with Gasteiger partial charge in [-0.25, -0.2) is 4.98 Å². The standard InChI is InChI=1S/C19H26N2O3S2/c1-19(2,23)11-25-18-20-16-15(13-7-3-4-8-14(13)26-16)17(22)21(18)10-12-6-5-9-24-12/h12,23H,3-11H2,1-2H3. The van der Waals surface area contributed by atoms with E-state index in [0.29, 0.717) is 17.5 Å². The lowest BCUT2D eigenvalue weighted by atomic mass is 9.97. The summed E-state index contributed by atoms with van der Waals surface area (Å²) in [5.74, 6) is 0.502. The fourth-order valence-electron chi connectivity index (χ4n) is 3.72. The van der Waals surface area contributed by atoms with E-state index in [9.17, 15) is 9.90 Å². The Morgan fingerprint density at radius 3 is 2.88 bits per heavy atom. The molecule has 3 heterocycles. The van der Waals surface area contributed by atoms with E-state index in [2.05, 4.69) is 0 Å². The van der Waals surface area contributed by atoms with Gasteiger partial charge in [-0.05, 0) is 57.9 Å². The molecule has 4 rings (SSSR count). The minimum Gasteiger partial charge on any atom is -0.390 e. The summed E-state index contributed by atoms with van der Waals surface area (Å²) in [7, 11) is 0. The molecule has 1 atom stereocenters. The molecule has 1 aliphatic heterocycles. The van der Waals surface area contributed by atoms with Gasteiger partial charge >= 0.3 is 0 Å². The summed E-state index contributed by atoms with van der Waals surface area (Å²) in [6.07, 6.45) is 6.53. The summed E-state index contributed by atoms with van der Waals surface area (Å²) in [5, 5.41) is 11.6. The molecule has 1 N–H and O–H groups in total. The first-order valence-electron chi connectivity index (χ1n) is 9.44. The Morgan fingerprint density at radius 2 is 2.15 bits per heavy atom. The van der Waals surface area contributed by atoms with Crippen molar-refractivity contribution in [2.24, 2.45) is 0 Å². The number of rotatable bonds is 5. The maximum atomic E-state index is 13.4. The van der Waals surface area contributed by atoms with Crippen molar-refractivity contribution in [3.8, 4) is 0 Å². The highest BCUT2D eigenvalue weighted by atomic mass is 32.2. The summed E-state index contributed by atoms with van der Waals surface area (Å²) in [6.45, 7) is 4.89. The molecule has 2 aromatic heterocycles. The van der Waals surface area contributed by atoms with Crippen LogP contribution in [0.1, 0.15) is 50.0 Å². The highest BCUT2D eigenvalue weighted by Gasteiger charge is 2.25. The largest absolute Gasteiger partial charge is 0.390 e. The Hall–Kier alpha value is -0.890. The number of nitrogens with zero attached hydrogens (tertiary/aromatic N) is 2. The van der Waals surface area contributed by atoms with Crippen molar-refractivity contribution < 1.29 is 9.84 Å². The molecule has 1 saturated heterocycles. The van der Waals surface area contributed by atoms with Crippen LogP contribution in [0.5, 0.6) is 0 Å². The van der Waals surface area contributed by atoms with Crippen LogP contribution in [0, 0.1) is 0 Å². The molecule has 0 spiro atoms. The quantitative estimate of drug-likeness (QED) is 0.622. The maximum absolute atomic E-state index is 13.4. The molecule has 7 heteroatoms. The molecule has 1 fully saturated rings. The normalized spacial score (nSPS) is 20.7. The number of hydrogen-bond donors (Lipinski definition) is 1. The van der Waals surface area contributed by atoms with Gasteiger partial charge in [0, 0.05) is 17.2 Å². The first kappa shape index (κ1) is 18.5. The Labute approximate surface area is 161 Å². The summed E-state index contributed by atoms with van der Waals surface area (Å²) in [5.41, 5.74) is 0.498. The number of fused-ring (bicyclic) bond motifs is 3. The lowest BCUT2D eigenvalue weighted by Gasteiger charge is -2.19. The average Bonchev–Trinajstić information content (AvgIpc) is 3.22. The van der Waals surface area contributed by atoms with Crippen LogP contribution in [0.3, 0.4) is 0 Å². The second kappa shape index (κ2) is 7.26. The molecule has 1 aliphatic carbocycles. The van der Waals surface area contributed by atoms with E-state index in [0.717, 1.165) is 48.9 Å². The van der Waals surface area contributed by atoms with Crippen LogP contribution in [0.4, 0.5) is 0 Å². The van der Waals surface area contributed by atoms with Crippen LogP contribution < -0.4 is 5.56 Å². The maximum Gasteiger partial charge on any atom is 0.263 e.